The molecule has 0 amide bonds. The van der Waals surface area contributed by atoms with Gasteiger partial charge >= 0.3 is 0 Å². The van der Waals surface area contributed by atoms with Crippen molar-refractivity contribution in [1.82, 2.24) is 10.3 Å². The van der Waals surface area contributed by atoms with Crippen molar-refractivity contribution in [3.05, 3.63) is 16.1 Å². The van der Waals surface area contributed by atoms with E-state index in [4.69, 9.17) is 0 Å². The fraction of sp³-hybridized carbons (Fsp3) is 0.727. The summed E-state index contributed by atoms with van der Waals surface area (Å²) in [6, 6.07) is 0.705. The molecule has 1 aromatic rings. The minimum Gasteiger partial charge on any atom is -0.314 e. The van der Waals surface area contributed by atoms with Crippen LogP contribution in [0.15, 0.2) is 6.20 Å². The lowest BCUT2D eigenvalue weighted by Crippen LogP contribution is -2.29. The van der Waals surface area contributed by atoms with Gasteiger partial charge in [0.2, 0.25) is 0 Å². The van der Waals surface area contributed by atoms with Gasteiger partial charge in [-0.15, -0.1) is 11.3 Å². The van der Waals surface area contributed by atoms with E-state index in [-0.39, 0.29) is 0 Å². The van der Waals surface area contributed by atoms with Crippen LogP contribution in [-0.2, 0) is 6.42 Å². The zero-order valence-electron chi connectivity index (χ0n) is 8.92. The van der Waals surface area contributed by atoms with Crippen molar-refractivity contribution in [2.45, 2.75) is 39.2 Å². The third-order valence-electron chi connectivity index (χ3n) is 2.80. The smallest absolute Gasteiger partial charge is 0.0940 e. The number of rotatable bonds is 5. The highest BCUT2D eigenvalue weighted by molar-refractivity contribution is 7.11. The summed E-state index contributed by atoms with van der Waals surface area (Å²) in [5, 5.41) is 4.83. The summed E-state index contributed by atoms with van der Waals surface area (Å²) >= 11 is 1.81. The van der Waals surface area contributed by atoms with E-state index in [9.17, 15) is 0 Å². The SMILES string of the molecule is Cc1cnc(CCNC(C)C2CC2)s1. The second-order valence-electron chi connectivity index (χ2n) is 4.19. The van der Waals surface area contributed by atoms with Crippen LogP contribution in [0.3, 0.4) is 0 Å². The molecule has 1 N–H and O–H groups in total. The molecular weight excluding hydrogens is 192 g/mol. The van der Waals surface area contributed by atoms with Gasteiger partial charge in [-0.05, 0) is 32.6 Å². The van der Waals surface area contributed by atoms with Gasteiger partial charge in [0.05, 0.1) is 5.01 Å². The fourth-order valence-electron chi connectivity index (χ4n) is 1.69. The van der Waals surface area contributed by atoms with Gasteiger partial charge in [-0.2, -0.15) is 0 Å². The third-order valence-corrected chi connectivity index (χ3v) is 3.78. The van der Waals surface area contributed by atoms with Crippen molar-refractivity contribution in [2.75, 3.05) is 6.54 Å². The normalized spacial score (nSPS) is 18.4. The molecule has 14 heavy (non-hydrogen) atoms. The van der Waals surface area contributed by atoms with Gasteiger partial charge in [0.15, 0.2) is 0 Å². The first-order valence-corrected chi connectivity index (χ1v) is 6.22. The Labute approximate surface area is 89.8 Å². The number of hydrogen-bond acceptors (Lipinski definition) is 3. The van der Waals surface area contributed by atoms with Crippen LogP contribution in [0.2, 0.25) is 0 Å². The van der Waals surface area contributed by atoms with E-state index in [1.807, 2.05) is 17.5 Å². The van der Waals surface area contributed by atoms with Crippen molar-refractivity contribution in [1.29, 1.82) is 0 Å². The van der Waals surface area contributed by atoms with Crippen LogP contribution < -0.4 is 5.32 Å². The first kappa shape index (κ1) is 10.1. The molecule has 0 aliphatic heterocycles. The molecule has 0 bridgehead atoms. The molecule has 1 fully saturated rings. The van der Waals surface area contributed by atoms with E-state index in [0.29, 0.717) is 6.04 Å². The Hall–Kier alpha value is -0.410. The summed E-state index contributed by atoms with van der Waals surface area (Å²) in [6.45, 7) is 5.48. The average molecular weight is 210 g/mol. The lowest BCUT2D eigenvalue weighted by atomic mass is 10.2. The number of nitrogens with one attached hydrogen (secondary N) is 1. The molecule has 78 valence electrons. The molecule has 1 unspecified atom stereocenters. The van der Waals surface area contributed by atoms with E-state index in [1.54, 1.807) is 0 Å². The van der Waals surface area contributed by atoms with Crippen LogP contribution in [-0.4, -0.2) is 17.6 Å². The van der Waals surface area contributed by atoms with E-state index < -0.39 is 0 Å². The van der Waals surface area contributed by atoms with E-state index in [1.165, 1.54) is 22.7 Å². The number of aromatic nitrogens is 1. The zero-order chi connectivity index (χ0) is 9.97. The van der Waals surface area contributed by atoms with Crippen LogP contribution in [0.25, 0.3) is 0 Å². The van der Waals surface area contributed by atoms with Crippen LogP contribution in [0.1, 0.15) is 29.7 Å². The Bertz CT molecular complexity index is 291. The molecular formula is C11H18N2S. The quantitative estimate of drug-likeness (QED) is 0.807. The van der Waals surface area contributed by atoms with Gasteiger partial charge in [0.1, 0.15) is 0 Å². The number of hydrogen-bond donors (Lipinski definition) is 1. The molecule has 1 heterocycles. The fourth-order valence-corrected chi connectivity index (χ4v) is 2.47. The molecule has 1 aromatic heterocycles. The Balaban J connectivity index is 1.67. The minimum absolute atomic E-state index is 0.705. The predicted molar refractivity (Wildman–Crippen MR) is 60.7 cm³/mol. The highest BCUT2D eigenvalue weighted by Crippen LogP contribution is 2.32. The average Bonchev–Trinajstić information content (AvgIpc) is 2.92. The summed E-state index contributed by atoms with van der Waals surface area (Å²) in [5.41, 5.74) is 0. The predicted octanol–water partition coefficient (Wildman–Crippen LogP) is 2.38. The second-order valence-corrected chi connectivity index (χ2v) is 5.51. The standard InChI is InChI=1S/C11H18N2S/c1-8-7-13-11(14-8)5-6-12-9(2)10-3-4-10/h7,9-10,12H,3-6H2,1-2H3. The van der Waals surface area contributed by atoms with Crippen molar-refractivity contribution in [2.24, 2.45) is 5.92 Å². The Morgan fingerprint density at radius 2 is 2.43 bits per heavy atom. The molecule has 1 aliphatic carbocycles. The van der Waals surface area contributed by atoms with Crippen molar-refractivity contribution < 1.29 is 0 Å². The maximum Gasteiger partial charge on any atom is 0.0940 e. The molecule has 2 rings (SSSR count). The van der Waals surface area contributed by atoms with Gasteiger partial charge in [-0.1, -0.05) is 0 Å². The van der Waals surface area contributed by atoms with Gasteiger partial charge < -0.3 is 5.32 Å². The minimum atomic E-state index is 0.705. The molecule has 2 nitrogen and oxygen atoms in total. The van der Waals surface area contributed by atoms with Crippen molar-refractivity contribution in [3.8, 4) is 0 Å². The maximum atomic E-state index is 4.35. The monoisotopic (exact) mass is 210 g/mol. The Morgan fingerprint density at radius 3 is 3.00 bits per heavy atom. The largest absolute Gasteiger partial charge is 0.314 e. The summed E-state index contributed by atoms with van der Waals surface area (Å²) < 4.78 is 0. The second kappa shape index (κ2) is 4.41. The number of aryl methyl sites for hydroxylation is 1. The van der Waals surface area contributed by atoms with Crippen LogP contribution in [0.5, 0.6) is 0 Å². The molecule has 1 atom stereocenters. The zero-order valence-corrected chi connectivity index (χ0v) is 9.73. The van der Waals surface area contributed by atoms with E-state index in [2.05, 4.69) is 24.1 Å². The summed E-state index contributed by atoms with van der Waals surface area (Å²) in [5.74, 6) is 0.952. The molecule has 1 saturated carbocycles. The summed E-state index contributed by atoms with van der Waals surface area (Å²) in [4.78, 5) is 5.67. The Morgan fingerprint density at radius 1 is 1.64 bits per heavy atom. The highest BCUT2D eigenvalue weighted by atomic mass is 32.1. The van der Waals surface area contributed by atoms with Crippen LogP contribution >= 0.6 is 11.3 Å². The number of nitrogens with zero attached hydrogens (tertiary/aromatic N) is 1. The van der Waals surface area contributed by atoms with Crippen LogP contribution in [0.4, 0.5) is 0 Å². The first-order chi connectivity index (χ1) is 6.75. The highest BCUT2D eigenvalue weighted by Gasteiger charge is 2.27. The van der Waals surface area contributed by atoms with E-state index in [0.717, 1.165) is 18.9 Å². The van der Waals surface area contributed by atoms with Crippen molar-refractivity contribution >= 4 is 11.3 Å². The number of thiazole rings is 1. The summed E-state index contributed by atoms with van der Waals surface area (Å²) in [7, 11) is 0. The molecule has 0 radical (unpaired) electrons. The molecule has 0 spiro atoms. The van der Waals surface area contributed by atoms with Gasteiger partial charge in [-0.3, -0.25) is 0 Å². The van der Waals surface area contributed by atoms with Gasteiger partial charge in [0.25, 0.3) is 0 Å². The molecule has 1 aliphatic rings. The van der Waals surface area contributed by atoms with Crippen LogP contribution in [0, 0.1) is 12.8 Å². The van der Waals surface area contributed by atoms with E-state index >= 15 is 0 Å². The molecule has 3 heteroatoms. The molecule has 0 aromatic carbocycles. The lowest BCUT2D eigenvalue weighted by Gasteiger charge is -2.11. The topological polar surface area (TPSA) is 24.9 Å². The van der Waals surface area contributed by atoms with Crippen molar-refractivity contribution in [3.63, 3.8) is 0 Å². The Kier molecular flexibility index (Phi) is 3.19. The first-order valence-electron chi connectivity index (χ1n) is 5.40. The lowest BCUT2D eigenvalue weighted by molar-refractivity contribution is 0.500. The van der Waals surface area contributed by atoms with Gasteiger partial charge in [0, 0.05) is 30.1 Å². The maximum absolute atomic E-state index is 4.35. The van der Waals surface area contributed by atoms with Gasteiger partial charge in [-0.25, -0.2) is 4.98 Å². The third kappa shape index (κ3) is 2.79. The molecule has 0 saturated heterocycles. The summed E-state index contributed by atoms with van der Waals surface area (Å²) in [6.07, 6.45) is 5.88.